The predicted octanol–water partition coefficient (Wildman–Crippen LogP) is 4.28. The van der Waals surface area contributed by atoms with Gasteiger partial charge in [0.05, 0.1) is 6.54 Å². The molecule has 4 nitrogen and oxygen atoms in total. The fraction of sp³-hybridized carbons (Fsp3) is 0.111. The summed E-state index contributed by atoms with van der Waals surface area (Å²) in [7, 11) is 0. The van der Waals surface area contributed by atoms with Crippen LogP contribution in [0.4, 0.5) is 10.2 Å². The Bertz CT molecular complexity index is 857. The molecule has 0 bridgehead atoms. The summed E-state index contributed by atoms with van der Waals surface area (Å²) in [5.41, 5.74) is 2.49. The maximum absolute atomic E-state index is 12.9. The van der Waals surface area contributed by atoms with Crippen molar-refractivity contribution >= 4 is 23.3 Å². The van der Waals surface area contributed by atoms with Gasteiger partial charge < -0.3 is 5.32 Å². The average Bonchev–Trinajstić information content (AvgIpc) is 2.89. The van der Waals surface area contributed by atoms with Crippen LogP contribution in [0.25, 0.3) is 0 Å². The standard InChI is InChI=1S/C18H15ClFN3O/c1-12-2-6-14(7-3-12)18(24)21-17-16(19)11-23(22-17)10-13-4-8-15(20)9-5-13/h2-9,11H,10H2,1H3,(H,21,22,24). The van der Waals surface area contributed by atoms with Crippen molar-refractivity contribution in [1.82, 2.24) is 9.78 Å². The summed E-state index contributed by atoms with van der Waals surface area (Å²) in [4.78, 5) is 12.2. The van der Waals surface area contributed by atoms with E-state index in [0.717, 1.165) is 11.1 Å². The van der Waals surface area contributed by atoms with E-state index in [1.165, 1.54) is 12.1 Å². The average molecular weight is 344 g/mol. The number of aryl methyl sites for hydroxylation is 1. The smallest absolute Gasteiger partial charge is 0.256 e. The van der Waals surface area contributed by atoms with Crippen LogP contribution in [0.5, 0.6) is 0 Å². The molecule has 0 unspecified atom stereocenters. The third-order valence-electron chi connectivity index (χ3n) is 3.52. The van der Waals surface area contributed by atoms with Gasteiger partial charge in [0.2, 0.25) is 0 Å². The first-order valence-corrected chi connectivity index (χ1v) is 7.74. The van der Waals surface area contributed by atoms with E-state index >= 15 is 0 Å². The number of aromatic nitrogens is 2. The van der Waals surface area contributed by atoms with Crippen molar-refractivity contribution in [3.8, 4) is 0 Å². The molecule has 6 heteroatoms. The van der Waals surface area contributed by atoms with E-state index in [4.69, 9.17) is 11.6 Å². The van der Waals surface area contributed by atoms with Crippen LogP contribution in [0.2, 0.25) is 5.02 Å². The highest BCUT2D eigenvalue weighted by atomic mass is 35.5. The molecule has 0 aliphatic heterocycles. The molecule has 0 aliphatic carbocycles. The van der Waals surface area contributed by atoms with Crippen LogP contribution >= 0.6 is 11.6 Å². The van der Waals surface area contributed by atoms with E-state index in [2.05, 4.69) is 10.4 Å². The molecule has 0 fully saturated rings. The van der Waals surface area contributed by atoms with Crippen molar-refractivity contribution in [3.05, 3.63) is 82.3 Å². The molecule has 1 N–H and O–H groups in total. The van der Waals surface area contributed by atoms with Crippen molar-refractivity contribution in [2.75, 3.05) is 5.32 Å². The summed E-state index contributed by atoms with van der Waals surface area (Å²) in [6.07, 6.45) is 1.62. The zero-order valence-corrected chi connectivity index (χ0v) is 13.7. The highest BCUT2D eigenvalue weighted by molar-refractivity contribution is 6.33. The highest BCUT2D eigenvalue weighted by Crippen LogP contribution is 2.21. The lowest BCUT2D eigenvalue weighted by atomic mass is 10.1. The molecular weight excluding hydrogens is 329 g/mol. The van der Waals surface area contributed by atoms with Crippen molar-refractivity contribution in [1.29, 1.82) is 0 Å². The number of hydrogen-bond acceptors (Lipinski definition) is 2. The van der Waals surface area contributed by atoms with Crippen molar-refractivity contribution < 1.29 is 9.18 Å². The van der Waals surface area contributed by atoms with Gasteiger partial charge in [-0.3, -0.25) is 9.48 Å². The number of rotatable bonds is 4. The number of anilines is 1. The summed E-state index contributed by atoms with van der Waals surface area (Å²) in [6, 6.07) is 13.3. The van der Waals surface area contributed by atoms with E-state index in [1.54, 1.807) is 35.1 Å². The lowest BCUT2D eigenvalue weighted by Gasteiger charge is -2.04. The number of hydrogen-bond donors (Lipinski definition) is 1. The second kappa shape index (κ2) is 6.84. The SMILES string of the molecule is Cc1ccc(C(=O)Nc2nn(Cc3ccc(F)cc3)cc2Cl)cc1. The Morgan fingerprint density at radius 2 is 1.83 bits per heavy atom. The fourth-order valence-electron chi connectivity index (χ4n) is 2.22. The van der Waals surface area contributed by atoms with E-state index < -0.39 is 0 Å². The fourth-order valence-corrected chi connectivity index (χ4v) is 2.42. The Labute approximate surface area is 143 Å². The molecule has 2 aromatic carbocycles. The molecule has 122 valence electrons. The van der Waals surface area contributed by atoms with Crippen LogP contribution in [0.3, 0.4) is 0 Å². The van der Waals surface area contributed by atoms with Crippen LogP contribution in [0.15, 0.2) is 54.7 Å². The van der Waals surface area contributed by atoms with Gasteiger partial charge in [-0.2, -0.15) is 5.10 Å². The maximum atomic E-state index is 12.9. The summed E-state index contributed by atoms with van der Waals surface area (Å²) >= 11 is 6.14. The summed E-state index contributed by atoms with van der Waals surface area (Å²) in [6.45, 7) is 2.38. The van der Waals surface area contributed by atoms with Crippen LogP contribution in [-0.2, 0) is 6.54 Å². The molecule has 1 aromatic heterocycles. The Morgan fingerprint density at radius 1 is 1.17 bits per heavy atom. The Balaban J connectivity index is 1.72. The zero-order valence-electron chi connectivity index (χ0n) is 13.0. The largest absolute Gasteiger partial charge is 0.304 e. The molecule has 1 heterocycles. The predicted molar refractivity (Wildman–Crippen MR) is 91.9 cm³/mol. The molecule has 0 aliphatic rings. The number of nitrogens with one attached hydrogen (secondary N) is 1. The van der Waals surface area contributed by atoms with E-state index in [9.17, 15) is 9.18 Å². The topological polar surface area (TPSA) is 46.9 Å². The van der Waals surface area contributed by atoms with Gasteiger partial charge in [0.25, 0.3) is 5.91 Å². The minimum atomic E-state index is -0.289. The van der Waals surface area contributed by atoms with Gasteiger partial charge in [-0.25, -0.2) is 4.39 Å². The van der Waals surface area contributed by atoms with Crippen LogP contribution in [0, 0.1) is 12.7 Å². The van der Waals surface area contributed by atoms with Gasteiger partial charge in [0.1, 0.15) is 10.8 Å². The van der Waals surface area contributed by atoms with Gasteiger partial charge in [-0.1, -0.05) is 41.4 Å². The summed E-state index contributed by atoms with van der Waals surface area (Å²) < 4.78 is 14.5. The zero-order chi connectivity index (χ0) is 17.1. The van der Waals surface area contributed by atoms with Crippen molar-refractivity contribution in [3.63, 3.8) is 0 Å². The Morgan fingerprint density at radius 3 is 2.50 bits per heavy atom. The Hall–Kier alpha value is -2.66. The van der Waals surface area contributed by atoms with Gasteiger partial charge in [-0.05, 0) is 36.8 Å². The molecule has 1 amide bonds. The minimum absolute atomic E-state index is 0.274. The lowest BCUT2D eigenvalue weighted by molar-refractivity contribution is 0.102. The van der Waals surface area contributed by atoms with Crippen LogP contribution < -0.4 is 5.32 Å². The second-order valence-electron chi connectivity index (χ2n) is 5.47. The van der Waals surface area contributed by atoms with Gasteiger partial charge in [0.15, 0.2) is 5.82 Å². The van der Waals surface area contributed by atoms with Gasteiger partial charge >= 0.3 is 0 Å². The van der Waals surface area contributed by atoms with Gasteiger partial charge in [0, 0.05) is 11.8 Å². The first-order valence-electron chi connectivity index (χ1n) is 7.37. The van der Waals surface area contributed by atoms with Gasteiger partial charge in [-0.15, -0.1) is 0 Å². The minimum Gasteiger partial charge on any atom is -0.304 e. The van der Waals surface area contributed by atoms with Crippen molar-refractivity contribution in [2.24, 2.45) is 0 Å². The van der Waals surface area contributed by atoms with Crippen molar-refractivity contribution in [2.45, 2.75) is 13.5 Å². The molecule has 0 spiro atoms. The normalized spacial score (nSPS) is 10.6. The van der Waals surface area contributed by atoms with E-state index in [-0.39, 0.29) is 11.7 Å². The van der Waals surface area contributed by atoms with E-state index in [0.29, 0.717) is 22.9 Å². The maximum Gasteiger partial charge on any atom is 0.256 e. The molecule has 0 saturated heterocycles. The molecular formula is C18H15ClFN3O. The number of benzene rings is 2. The number of amides is 1. The summed E-state index contributed by atoms with van der Waals surface area (Å²) in [5.74, 6) is -0.267. The third kappa shape index (κ3) is 3.81. The number of carbonyl (C=O) groups is 1. The molecule has 3 aromatic rings. The second-order valence-corrected chi connectivity index (χ2v) is 5.88. The van der Waals surface area contributed by atoms with Crippen LogP contribution in [-0.4, -0.2) is 15.7 Å². The van der Waals surface area contributed by atoms with Crippen LogP contribution in [0.1, 0.15) is 21.5 Å². The van der Waals surface area contributed by atoms with E-state index in [1.807, 2.05) is 19.1 Å². The lowest BCUT2D eigenvalue weighted by Crippen LogP contribution is -2.13. The molecule has 0 saturated carbocycles. The number of nitrogens with zero attached hydrogens (tertiary/aromatic N) is 2. The molecule has 0 radical (unpaired) electrons. The highest BCUT2D eigenvalue weighted by Gasteiger charge is 2.12. The molecule has 0 atom stereocenters. The Kier molecular flexibility index (Phi) is 4.62. The number of halogens is 2. The first-order chi connectivity index (χ1) is 11.5. The number of carbonyl (C=O) groups excluding carboxylic acids is 1. The monoisotopic (exact) mass is 343 g/mol. The molecule has 3 rings (SSSR count). The quantitative estimate of drug-likeness (QED) is 0.768. The first kappa shape index (κ1) is 16.2. The third-order valence-corrected chi connectivity index (χ3v) is 3.80. The molecule has 24 heavy (non-hydrogen) atoms. The summed E-state index contributed by atoms with van der Waals surface area (Å²) in [5, 5.41) is 7.31.